The zero-order valence-electron chi connectivity index (χ0n) is 17.7. The van der Waals surface area contributed by atoms with E-state index < -0.39 is 0 Å². The molecule has 0 unspecified atom stereocenters. The molecule has 0 aliphatic heterocycles. The van der Waals surface area contributed by atoms with Crippen molar-refractivity contribution < 1.29 is 8.83 Å². The highest BCUT2D eigenvalue weighted by Crippen LogP contribution is 2.37. The summed E-state index contributed by atoms with van der Waals surface area (Å²) in [6.07, 6.45) is 0. The lowest BCUT2D eigenvalue weighted by Crippen LogP contribution is -1.90. The summed E-state index contributed by atoms with van der Waals surface area (Å²) in [6, 6.07) is 37.3. The predicted molar refractivity (Wildman–Crippen MR) is 136 cm³/mol. The molecule has 0 fully saturated rings. The molecule has 0 amide bonds. The van der Waals surface area contributed by atoms with Crippen LogP contribution in [0.4, 0.5) is 11.4 Å². The normalized spacial score (nSPS) is 11.6. The van der Waals surface area contributed by atoms with Gasteiger partial charge in [0, 0.05) is 44.5 Å². The van der Waals surface area contributed by atoms with Gasteiger partial charge in [-0.05, 0) is 42.0 Å². The lowest BCUT2D eigenvalue weighted by Gasteiger charge is -2.09. The van der Waals surface area contributed by atoms with Crippen molar-refractivity contribution in [1.82, 2.24) is 0 Å². The topological polar surface area (TPSA) is 38.3 Å². The van der Waals surface area contributed by atoms with Gasteiger partial charge >= 0.3 is 0 Å². The Morgan fingerprint density at radius 1 is 0.455 bits per heavy atom. The molecular formula is C30H19NO2. The van der Waals surface area contributed by atoms with Gasteiger partial charge in [0.25, 0.3) is 0 Å². The zero-order chi connectivity index (χ0) is 21.8. The smallest absolute Gasteiger partial charge is 0.143 e. The highest BCUT2D eigenvalue weighted by atomic mass is 16.3. The second-order valence-electron chi connectivity index (χ2n) is 8.30. The van der Waals surface area contributed by atoms with Crippen LogP contribution in [0.2, 0.25) is 0 Å². The molecule has 0 bridgehead atoms. The van der Waals surface area contributed by atoms with Crippen LogP contribution in [0.25, 0.3) is 55.0 Å². The number of para-hydroxylation sites is 3. The largest absolute Gasteiger partial charge is 0.456 e. The molecule has 0 spiro atoms. The van der Waals surface area contributed by atoms with Gasteiger partial charge in [0.2, 0.25) is 0 Å². The van der Waals surface area contributed by atoms with E-state index in [1.54, 1.807) is 0 Å². The monoisotopic (exact) mass is 425 g/mol. The summed E-state index contributed by atoms with van der Waals surface area (Å²) in [4.78, 5) is 0. The molecule has 2 aromatic heterocycles. The fraction of sp³-hybridized carbons (Fsp3) is 0. The number of rotatable bonds is 3. The van der Waals surface area contributed by atoms with E-state index in [1.165, 1.54) is 0 Å². The van der Waals surface area contributed by atoms with Crippen molar-refractivity contribution in [3.8, 4) is 11.1 Å². The summed E-state index contributed by atoms with van der Waals surface area (Å²) in [5.74, 6) is 0. The minimum atomic E-state index is 0.879. The van der Waals surface area contributed by atoms with Gasteiger partial charge in [0.1, 0.15) is 22.3 Å². The predicted octanol–water partition coefficient (Wildman–Crippen LogP) is 8.90. The third-order valence-corrected chi connectivity index (χ3v) is 6.25. The molecule has 3 heteroatoms. The minimum absolute atomic E-state index is 0.879. The lowest BCUT2D eigenvalue weighted by atomic mass is 10.0. The maximum absolute atomic E-state index is 6.24. The molecule has 0 atom stereocenters. The fourth-order valence-corrected chi connectivity index (χ4v) is 4.71. The van der Waals surface area contributed by atoms with Crippen LogP contribution in [0.5, 0.6) is 0 Å². The molecule has 0 aliphatic rings. The Kier molecular flexibility index (Phi) is 3.84. The standard InChI is InChI=1S/C30H19NO2/c1-3-13-27-23(9-1)25-16-15-21(18-29(25)32-27)31-20-8-5-7-19(17-20)22-11-6-12-26-24-10-2-4-14-28(24)33-30(22)26/h1-18,31H. The van der Waals surface area contributed by atoms with Crippen molar-refractivity contribution in [2.75, 3.05) is 5.32 Å². The lowest BCUT2D eigenvalue weighted by molar-refractivity contribution is 0.669. The Bertz CT molecular complexity index is 1810. The van der Waals surface area contributed by atoms with Crippen LogP contribution >= 0.6 is 0 Å². The molecule has 2 heterocycles. The molecule has 5 aromatic carbocycles. The van der Waals surface area contributed by atoms with E-state index >= 15 is 0 Å². The van der Waals surface area contributed by atoms with E-state index in [0.717, 1.165) is 66.4 Å². The van der Waals surface area contributed by atoms with E-state index in [-0.39, 0.29) is 0 Å². The Hall–Kier alpha value is -4.50. The summed E-state index contributed by atoms with van der Waals surface area (Å²) >= 11 is 0. The average molecular weight is 425 g/mol. The van der Waals surface area contributed by atoms with Crippen molar-refractivity contribution in [3.63, 3.8) is 0 Å². The van der Waals surface area contributed by atoms with Crippen LogP contribution in [-0.2, 0) is 0 Å². The van der Waals surface area contributed by atoms with E-state index in [0.29, 0.717) is 0 Å². The number of hydrogen-bond donors (Lipinski definition) is 1. The number of nitrogens with one attached hydrogen (secondary N) is 1. The Labute approximate surface area is 189 Å². The van der Waals surface area contributed by atoms with Crippen molar-refractivity contribution >= 4 is 55.3 Å². The van der Waals surface area contributed by atoms with Gasteiger partial charge in [0.05, 0.1) is 0 Å². The molecule has 0 aliphatic carbocycles. The first-order valence-electron chi connectivity index (χ1n) is 11.0. The van der Waals surface area contributed by atoms with Crippen LogP contribution in [-0.4, -0.2) is 0 Å². The fourth-order valence-electron chi connectivity index (χ4n) is 4.71. The van der Waals surface area contributed by atoms with Crippen molar-refractivity contribution in [2.24, 2.45) is 0 Å². The van der Waals surface area contributed by atoms with Gasteiger partial charge in [-0.3, -0.25) is 0 Å². The third-order valence-electron chi connectivity index (χ3n) is 6.25. The van der Waals surface area contributed by atoms with Crippen molar-refractivity contribution in [2.45, 2.75) is 0 Å². The highest BCUT2D eigenvalue weighted by molar-refractivity contribution is 6.09. The van der Waals surface area contributed by atoms with Gasteiger partial charge in [-0.15, -0.1) is 0 Å². The molecular weight excluding hydrogens is 406 g/mol. The second-order valence-corrected chi connectivity index (χ2v) is 8.30. The average Bonchev–Trinajstić information content (AvgIpc) is 3.42. The van der Waals surface area contributed by atoms with Crippen LogP contribution in [0.3, 0.4) is 0 Å². The van der Waals surface area contributed by atoms with Gasteiger partial charge in [-0.2, -0.15) is 0 Å². The molecule has 0 saturated carbocycles. The summed E-state index contributed by atoms with van der Waals surface area (Å²) in [6.45, 7) is 0. The van der Waals surface area contributed by atoms with E-state index in [9.17, 15) is 0 Å². The molecule has 33 heavy (non-hydrogen) atoms. The Morgan fingerprint density at radius 2 is 1.12 bits per heavy atom. The van der Waals surface area contributed by atoms with Crippen LogP contribution < -0.4 is 5.32 Å². The molecule has 0 saturated heterocycles. The van der Waals surface area contributed by atoms with Gasteiger partial charge in [-0.1, -0.05) is 66.7 Å². The molecule has 156 valence electrons. The van der Waals surface area contributed by atoms with E-state index in [1.807, 2.05) is 36.4 Å². The Morgan fingerprint density at radius 3 is 2.00 bits per heavy atom. The summed E-state index contributed by atoms with van der Waals surface area (Å²) in [5, 5.41) is 8.08. The summed E-state index contributed by atoms with van der Waals surface area (Å²) < 4.78 is 12.3. The number of benzene rings is 5. The molecule has 0 radical (unpaired) electrons. The number of hydrogen-bond acceptors (Lipinski definition) is 3. The number of furan rings is 2. The van der Waals surface area contributed by atoms with Crippen molar-refractivity contribution in [1.29, 1.82) is 0 Å². The van der Waals surface area contributed by atoms with Gasteiger partial charge in [0.15, 0.2) is 0 Å². The third kappa shape index (κ3) is 2.90. The maximum Gasteiger partial charge on any atom is 0.143 e. The van der Waals surface area contributed by atoms with E-state index in [4.69, 9.17) is 8.83 Å². The molecule has 7 aromatic rings. The summed E-state index contributed by atoms with van der Waals surface area (Å²) in [5.41, 5.74) is 7.80. The van der Waals surface area contributed by atoms with E-state index in [2.05, 4.69) is 78.1 Å². The number of anilines is 2. The highest BCUT2D eigenvalue weighted by Gasteiger charge is 2.12. The first kappa shape index (κ1) is 18.1. The zero-order valence-corrected chi connectivity index (χ0v) is 17.7. The second kappa shape index (κ2) is 7.01. The van der Waals surface area contributed by atoms with Gasteiger partial charge in [-0.25, -0.2) is 0 Å². The first-order valence-corrected chi connectivity index (χ1v) is 11.0. The maximum atomic E-state index is 6.24. The summed E-state index contributed by atoms with van der Waals surface area (Å²) in [7, 11) is 0. The molecule has 3 nitrogen and oxygen atoms in total. The Balaban J connectivity index is 1.29. The van der Waals surface area contributed by atoms with Crippen LogP contribution in [0.15, 0.2) is 118 Å². The van der Waals surface area contributed by atoms with Gasteiger partial charge < -0.3 is 14.2 Å². The van der Waals surface area contributed by atoms with Crippen molar-refractivity contribution in [3.05, 3.63) is 109 Å². The number of fused-ring (bicyclic) bond motifs is 6. The first-order chi connectivity index (χ1) is 16.3. The quantitative estimate of drug-likeness (QED) is 0.307. The minimum Gasteiger partial charge on any atom is -0.456 e. The van der Waals surface area contributed by atoms with Crippen LogP contribution in [0.1, 0.15) is 0 Å². The molecule has 1 N–H and O–H groups in total. The SMILES string of the molecule is c1cc(Nc2ccc3c(c2)oc2ccccc23)cc(-c2cccc3c2oc2ccccc23)c1. The molecule has 7 rings (SSSR count). The van der Waals surface area contributed by atoms with Crippen LogP contribution in [0, 0.1) is 0 Å².